The summed E-state index contributed by atoms with van der Waals surface area (Å²) in [5.74, 6) is 0.399. The van der Waals surface area contributed by atoms with Crippen molar-refractivity contribution in [3.63, 3.8) is 0 Å². The van der Waals surface area contributed by atoms with E-state index in [1.807, 2.05) is 0 Å². The summed E-state index contributed by atoms with van der Waals surface area (Å²) in [6.07, 6.45) is 1.41. The van der Waals surface area contributed by atoms with Crippen molar-refractivity contribution in [2.24, 2.45) is 0 Å². The number of piperidine rings is 1. The first-order chi connectivity index (χ1) is 7.24. The second-order valence-electron chi connectivity index (χ2n) is 3.87. The van der Waals surface area contributed by atoms with Crippen LogP contribution >= 0.6 is 11.9 Å². The van der Waals surface area contributed by atoms with Crippen molar-refractivity contribution in [2.75, 3.05) is 13.1 Å². The van der Waals surface area contributed by atoms with E-state index in [1.165, 1.54) is 10.5 Å². The van der Waals surface area contributed by atoms with Gasteiger partial charge in [-0.2, -0.15) is 0 Å². The molecule has 1 aromatic carbocycles. The van der Waals surface area contributed by atoms with Gasteiger partial charge in [-0.05, 0) is 31.0 Å². The van der Waals surface area contributed by atoms with Gasteiger partial charge in [-0.1, -0.05) is 17.7 Å². The molecule has 1 heterocycles. The molecule has 0 radical (unpaired) electrons. The maximum atomic E-state index is 11.1. The minimum absolute atomic E-state index is 0.399. The number of aryl methyl sites for hydroxylation is 1. The average molecular weight is 221 g/mol. The molecule has 0 amide bonds. The quantitative estimate of drug-likeness (QED) is 0.716. The van der Waals surface area contributed by atoms with Crippen LogP contribution in [0, 0.1) is 6.92 Å². The van der Waals surface area contributed by atoms with Gasteiger partial charge < -0.3 is 0 Å². The first-order valence-corrected chi connectivity index (χ1v) is 6.03. The number of rotatable bonds is 2. The van der Waals surface area contributed by atoms with E-state index in [9.17, 15) is 4.79 Å². The SMILES string of the molecule is Cc1ccc(SN2CCC(=O)CC2)cc1. The molecule has 0 unspecified atom stereocenters. The number of Topliss-reactive ketones (excluding diaryl/α,β-unsaturated/α-hetero) is 1. The molecule has 1 fully saturated rings. The van der Waals surface area contributed by atoms with Crippen LogP contribution in [-0.2, 0) is 4.79 Å². The normalized spacial score (nSPS) is 18.1. The summed E-state index contributed by atoms with van der Waals surface area (Å²) in [4.78, 5) is 12.3. The molecule has 0 N–H and O–H groups in total. The molecular formula is C12H15NOS. The first kappa shape index (κ1) is 10.7. The van der Waals surface area contributed by atoms with Crippen LogP contribution in [0.15, 0.2) is 29.2 Å². The second kappa shape index (κ2) is 4.81. The maximum Gasteiger partial charge on any atom is 0.135 e. The zero-order chi connectivity index (χ0) is 10.7. The Morgan fingerprint density at radius 3 is 2.33 bits per heavy atom. The maximum absolute atomic E-state index is 11.1. The van der Waals surface area contributed by atoms with Crippen molar-refractivity contribution in [3.8, 4) is 0 Å². The lowest BCUT2D eigenvalue weighted by atomic mass is 10.1. The zero-order valence-corrected chi connectivity index (χ0v) is 9.72. The van der Waals surface area contributed by atoms with Crippen molar-refractivity contribution < 1.29 is 4.79 Å². The van der Waals surface area contributed by atoms with Crippen LogP contribution in [0.3, 0.4) is 0 Å². The van der Waals surface area contributed by atoms with Gasteiger partial charge in [-0.25, -0.2) is 4.31 Å². The second-order valence-corrected chi connectivity index (χ2v) is 5.04. The molecule has 3 heteroatoms. The van der Waals surface area contributed by atoms with Crippen LogP contribution in [0.1, 0.15) is 18.4 Å². The van der Waals surface area contributed by atoms with Gasteiger partial charge in [0.1, 0.15) is 5.78 Å². The molecule has 0 saturated carbocycles. The molecule has 0 aliphatic carbocycles. The van der Waals surface area contributed by atoms with E-state index >= 15 is 0 Å². The van der Waals surface area contributed by atoms with E-state index in [4.69, 9.17) is 0 Å². The monoisotopic (exact) mass is 221 g/mol. The third kappa shape index (κ3) is 3.08. The van der Waals surface area contributed by atoms with Crippen LogP contribution < -0.4 is 0 Å². The van der Waals surface area contributed by atoms with Crippen molar-refractivity contribution in [1.82, 2.24) is 4.31 Å². The van der Waals surface area contributed by atoms with E-state index in [-0.39, 0.29) is 0 Å². The lowest BCUT2D eigenvalue weighted by Crippen LogP contribution is -2.28. The fraction of sp³-hybridized carbons (Fsp3) is 0.417. The number of nitrogens with zero attached hydrogens (tertiary/aromatic N) is 1. The predicted molar refractivity (Wildman–Crippen MR) is 62.9 cm³/mol. The van der Waals surface area contributed by atoms with Gasteiger partial charge in [0.25, 0.3) is 0 Å². The highest BCUT2D eigenvalue weighted by Gasteiger charge is 2.16. The lowest BCUT2D eigenvalue weighted by Gasteiger charge is -2.24. The number of ketones is 1. The van der Waals surface area contributed by atoms with Crippen LogP contribution in [0.4, 0.5) is 0 Å². The first-order valence-electron chi connectivity index (χ1n) is 5.25. The van der Waals surface area contributed by atoms with Gasteiger partial charge in [0.05, 0.1) is 0 Å². The topological polar surface area (TPSA) is 20.3 Å². The third-order valence-corrected chi connectivity index (χ3v) is 3.64. The number of carbonyl (C=O) groups excluding carboxylic acids is 1. The Kier molecular flexibility index (Phi) is 3.44. The van der Waals surface area contributed by atoms with Crippen molar-refractivity contribution in [3.05, 3.63) is 29.8 Å². The van der Waals surface area contributed by atoms with E-state index in [0.29, 0.717) is 18.6 Å². The largest absolute Gasteiger partial charge is 0.300 e. The Morgan fingerprint density at radius 2 is 1.73 bits per heavy atom. The molecule has 2 rings (SSSR count). The Balaban J connectivity index is 1.91. The van der Waals surface area contributed by atoms with Crippen LogP contribution in [-0.4, -0.2) is 23.2 Å². The van der Waals surface area contributed by atoms with Gasteiger partial charge >= 0.3 is 0 Å². The molecule has 0 spiro atoms. The molecule has 1 aliphatic rings. The number of hydrogen-bond acceptors (Lipinski definition) is 3. The van der Waals surface area contributed by atoms with Gasteiger partial charge in [0, 0.05) is 30.8 Å². The predicted octanol–water partition coefficient (Wildman–Crippen LogP) is 2.67. The molecule has 80 valence electrons. The van der Waals surface area contributed by atoms with Crippen LogP contribution in [0.2, 0.25) is 0 Å². The lowest BCUT2D eigenvalue weighted by molar-refractivity contribution is -0.120. The molecule has 1 aromatic rings. The Bertz CT molecular complexity index is 337. The fourth-order valence-electron chi connectivity index (χ4n) is 1.58. The molecule has 0 aromatic heterocycles. The summed E-state index contributed by atoms with van der Waals surface area (Å²) in [5.41, 5.74) is 1.29. The molecule has 0 bridgehead atoms. The highest BCUT2D eigenvalue weighted by Crippen LogP contribution is 2.25. The molecule has 15 heavy (non-hydrogen) atoms. The smallest absolute Gasteiger partial charge is 0.135 e. The standard InChI is InChI=1S/C12H15NOS/c1-10-2-4-12(5-3-10)15-13-8-6-11(14)7-9-13/h2-5H,6-9H2,1H3. The Labute approximate surface area is 94.8 Å². The van der Waals surface area contributed by atoms with E-state index < -0.39 is 0 Å². The van der Waals surface area contributed by atoms with Crippen LogP contribution in [0.5, 0.6) is 0 Å². The average Bonchev–Trinajstić information content (AvgIpc) is 2.25. The third-order valence-electron chi connectivity index (χ3n) is 2.54. The summed E-state index contributed by atoms with van der Waals surface area (Å²) in [6, 6.07) is 8.52. The van der Waals surface area contributed by atoms with Gasteiger partial charge in [-0.3, -0.25) is 4.79 Å². The molecule has 2 nitrogen and oxygen atoms in total. The van der Waals surface area contributed by atoms with E-state index in [0.717, 1.165) is 13.1 Å². The minimum Gasteiger partial charge on any atom is -0.300 e. The summed E-state index contributed by atoms with van der Waals surface area (Å²) in [6.45, 7) is 3.86. The molecule has 1 saturated heterocycles. The zero-order valence-electron chi connectivity index (χ0n) is 8.90. The fourth-order valence-corrected chi connectivity index (χ4v) is 2.50. The highest BCUT2D eigenvalue weighted by atomic mass is 32.2. The summed E-state index contributed by atoms with van der Waals surface area (Å²) in [7, 11) is 0. The molecular weight excluding hydrogens is 206 g/mol. The van der Waals surface area contributed by atoms with Gasteiger partial charge in [0.2, 0.25) is 0 Å². The molecule has 0 atom stereocenters. The van der Waals surface area contributed by atoms with Crippen molar-refractivity contribution in [2.45, 2.75) is 24.7 Å². The van der Waals surface area contributed by atoms with Crippen molar-refractivity contribution in [1.29, 1.82) is 0 Å². The Morgan fingerprint density at radius 1 is 1.13 bits per heavy atom. The van der Waals surface area contributed by atoms with Crippen molar-refractivity contribution >= 4 is 17.7 Å². The summed E-state index contributed by atoms with van der Waals surface area (Å²) >= 11 is 1.76. The Hall–Kier alpha value is -0.800. The number of carbonyl (C=O) groups is 1. The number of hydrogen-bond donors (Lipinski definition) is 0. The van der Waals surface area contributed by atoms with Gasteiger partial charge in [-0.15, -0.1) is 0 Å². The van der Waals surface area contributed by atoms with E-state index in [1.54, 1.807) is 11.9 Å². The van der Waals surface area contributed by atoms with Crippen LogP contribution in [0.25, 0.3) is 0 Å². The molecule has 1 aliphatic heterocycles. The minimum atomic E-state index is 0.399. The highest BCUT2D eigenvalue weighted by molar-refractivity contribution is 7.97. The van der Waals surface area contributed by atoms with Gasteiger partial charge in [0.15, 0.2) is 0 Å². The van der Waals surface area contributed by atoms with E-state index in [2.05, 4.69) is 35.5 Å². The summed E-state index contributed by atoms with van der Waals surface area (Å²) < 4.78 is 2.27. The number of benzene rings is 1. The summed E-state index contributed by atoms with van der Waals surface area (Å²) in [5, 5.41) is 0.